The van der Waals surface area contributed by atoms with Crippen molar-refractivity contribution < 1.29 is 31.4 Å². The van der Waals surface area contributed by atoms with Gasteiger partial charge in [-0.15, -0.1) is 0 Å². The molecule has 0 radical (unpaired) electrons. The van der Waals surface area contributed by atoms with Crippen molar-refractivity contribution >= 4 is 17.8 Å². The van der Waals surface area contributed by atoms with Gasteiger partial charge in [-0.3, -0.25) is 11.5 Å². The molecule has 1 aromatic rings. The molecule has 0 atom stereocenters. The van der Waals surface area contributed by atoms with Gasteiger partial charge < -0.3 is 38.1 Å². The molecule has 0 saturated carbocycles. The predicted molar refractivity (Wildman–Crippen MR) is 49.8 cm³/mol. The van der Waals surface area contributed by atoms with Crippen molar-refractivity contribution in [2.75, 3.05) is 17.2 Å². The molecule has 0 aliphatic heterocycles. The maximum atomic E-state index is 10.7. The first-order valence-corrected chi connectivity index (χ1v) is 2.57. The topological polar surface area (TPSA) is 271 Å². The maximum absolute atomic E-state index is 10.7. The van der Waals surface area contributed by atoms with Crippen LogP contribution in [0.4, 0.5) is 17.8 Å². The lowest BCUT2D eigenvalue weighted by molar-refractivity contribution is -0.707. The minimum absolute atomic E-state index is 0. The number of nitrogens with two attached hydrogens (primary N) is 3. The summed E-state index contributed by atoms with van der Waals surface area (Å²) in [6.45, 7) is 0. The van der Waals surface area contributed by atoms with Gasteiger partial charge in [-0.25, -0.2) is 0 Å². The molecule has 0 aromatic carbocycles. The monoisotopic (exact) mass is 230 g/mol. The van der Waals surface area contributed by atoms with Crippen LogP contribution in [0.2, 0.25) is 0 Å². The van der Waals surface area contributed by atoms with Gasteiger partial charge in [-0.2, -0.15) is 9.46 Å². The van der Waals surface area contributed by atoms with Gasteiger partial charge in [0.15, 0.2) is 0 Å². The van der Waals surface area contributed by atoms with Crippen molar-refractivity contribution in [3.8, 4) is 0 Å². The van der Waals surface area contributed by atoms with E-state index in [0.717, 1.165) is 0 Å². The molecule has 0 bridgehead atoms. The van der Waals surface area contributed by atoms with Crippen LogP contribution in [0.1, 0.15) is 0 Å². The van der Waals surface area contributed by atoms with Crippen molar-refractivity contribution in [3.63, 3.8) is 0 Å². The van der Waals surface area contributed by atoms with Gasteiger partial charge in [0.1, 0.15) is 0 Å². The lowest BCUT2D eigenvalue weighted by Crippen LogP contribution is -2.50. The van der Waals surface area contributed by atoms with Gasteiger partial charge in [0.05, 0.1) is 0 Å². The normalized spacial score (nSPS) is 7.20. The molecule has 0 unspecified atom stereocenters. The van der Waals surface area contributed by atoms with Crippen LogP contribution < -0.4 is 26.7 Å². The van der Waals surface area contributed by atoms with Crippen LogP contribution in [0.5, 0.6) is 0 Å². The molecule has 92 valence electrons. The summed E-state index contributed by atoms with van der Waals surface area (Å²) in [6.07, 6.45) is 0. The molecule has 0 fully saturated rings. The molecule has 12 heteroatoms. The van der Waals surface area contributed by atoms with Gasteiger partial charge in [0.25, 0.3) is 0 Å². The Balaban J connectivity index is -0.000000151. The van der Waals surface area contributed by atoms with Crippen LogP contribution in [-0.4, -0.2) is 26.9 Å². The Kier molecular flexibility index (Phi) is 11.2. The molecule has 0 amide bonds. The number of aromatic nitrogens is 3. The van der Waals surface area contributed by atoms with E-state index < -0.39 is 17.8 Å². The van der Waals surface area contributed by atoms with E-state index in [1.54, 1.807) is 0 Å². The molecule has 1 rings (SSSR count). The highest BCUT2D eigenvalue weighted by molar-refractivity contribution is 5.19. The summed E-state index contributed by atoms with van der Waals surface area (Å²) in [5.74, 6) is -1.55. The summed E-state index contributed by atoms with van der Waals surface area (Å²) < 4.78 is -0.0211. The SMILES string of the molecule is Nc1nc(N)[n+]([O-])c(N)[n+]1[O-].O.O.O.O. The second-order valence-corrected chi connectivity index (χ2v) is 1.78. The third-order valence-electron chi connectivity index (χ3n) is 1.06. The van der Waals surface area contributed by atoms with E-state index in [2.05, 4.69) is 4.98 Å². The average molecular weight is 230 g/mol. The second kappa shape index (κ2) is 7.27. The van der Waals surface area contributed by atoms with E-state index in [0.29, 0.717) is 0 Å². The van der Waals surface area contributed by atoms with Crippen LogP contribution in [0, 0.1) is 10.4 Å². The second-order valence-electron chi connectivity index (χ2n) is 1.78. The minimum Gasteiger partial charge on any atom is -0.724 e. The summed E-state index contributed by atoms with van der Waals surface area (Å²) in [4.78, 5) is 3.21. The molecule has 0 aliphatic carbocycles. The highest BCUT2D eigenvalue weighted by Gasteiger charge is 2.15. The lowest BCUT2D eigenvalue weighted by Gasteiger charge is -2.09. The first kappa shape index (κ1) is 23.0. The Labute approximate surface area is 82.9 Å². The summed E-state index contributed by atoms with van der Waals surface area (Å²) in [7, 11) is 0. The van der Waals surface area contributed by atoms with Crippen molar-refractivity contribution in [1.82, 2.24) is 4.98 Å². The Morgan fingerprint density at radius 1 is 0.800 bits per heavy atom. The van der Waals surface area contributed by atoms with Crippen LogP contribution in [0.25, 0.3) is 0 Å². The summed E-state index contributed by atoms with van der Waals surface area (Å²) in [5.41, 5.74) is 15.0. The first-order valence-electron chi connectivity index (χ1n) is 2.57. The zero-order valence-corrected chi connectivity index (χ0v) is 7.39. The number of hydrogen-bond acceptors (Lipinski definition) is 6. The number of anilines is 3. The fourth-order valence-corrected chi connectivity index (χ4v) is 0.525. The minimum atomic E-state index is -0.644. The van der Waals surface area contributed by atoms with Crippen LogP contribution in [0.3, 0.4) is 0 Å². The van der Waals surface area contributed by atoms with Crippen LogP contribution in [0.15, 0.2) is 0 Å². The standard InChI is InChI=1S/C3H6N6O2.4H2O/c4-1-7-2(5)9(11)3(6)8(1)10;;;;/h6H2,(H4,4,5,7);4*1H2. The van der Waals surface area contributed by atoms with Gasteiger partial charge >= 0.3 is 17.8 Å². The maximum Gasteiger partial charge on any atom is 0.438 e. The Morgan fingerprint density at radius 2 is 1.07 bits per heavy atom. The number of hydrogen-bond donors (Lipinski definition) is 3. The fourth-order valence-electron chi connectivity index (χ4n) is 0.525. The van der Waals surface area contributed by atoms with Gasteiger partial charge in [0, 0.05) is 4.98 Å². The van der Waals surface area contributed by atoms with Gasteiger partial charge in [-0.05, 0) is 0 Å². The molecule has 15 heavy (non-hydrogen) atoms. The zero-order valence-electron chi connectivity index (χ0n) is 7.39. The molecule has 0 aliphatic rings. The number of nitrogen functional groups attached to an aromatic ring is 3. The largest absolute Gasteiger partial charge is 0.724 e. The average Bonchev–Trinajstić information content (AvgIpc) is 1.97. The van der Waals surface area contributed by atoms with E-state index in [-0.39, 0.29) is 31.4 Å². The Bertz CT molecular complexity index is 279. The van der Waals surface area contributed by atoms with Crippen molar-refractivity contribution in [2.24, 2.45) is 0 Å². The quantitative estimate of drug-likeness (QED) is 0.287. The summed E-state index contributed by atoms with van der Waals surface area (Å²) >= 11 is 0. The third kappa shape index (κ3) is 3.61. The first-order chi connectivity index (χ1) is 5.04. The van der Waals surface area contributed by atoms with E-state index in [4.69, 9.17) is 17.2 Å². The van der Waals surface area contributed by atoms with Gasteiger partial charge in [-0.1, -0.05) is 0 Å². The van der Waals surface area contributed by atoms with E-state index in [1.807, 2.05) is 0 Å². The Morgan fingerprint density at radius 3 is 1.33 bits per heavy atom. The van der Waals surface area contributed by atoms with Crippen LogP contribution >= 0.6 is 0 Å². The number of nitrogens with zero attached hydrogens (tertiary/aromatic N) is 3. The summed E-state index contributed by atoms with van der Waals surface area (Å²) in [5, 5.41) is 21.3. The molecule has 12 nitrogen and oxygen atoms in total. The molecule has 0 saturated heterocycles. The van der Waals surface area contributed by atoms with Crippen LogP contribution in [-0.2, 0) is 0 Å². The molecule has 14 N–H and O–H groups in total. The zero-order chi connectivity index (χ0) is 8.59. The molecule has 1 aromatic heterocycles. The molecule has 0 spiro atoms. The molecular formula is C3H14N6O6. The number of rotatable bonds is 0. The van der Waals surface area contributed by atoms with Crippen molar-refractivity contribution in [2.45, 2.75) is 0 Å². The van der Waals surface area contributed by atoms with E-state index in [9.17, 15) is 10.4 Å². The smallest absolute Gasteiger partial charge is 0.438 e. The Hall–Kier alpha value is -2.15. The van der Waals surface area contributed by atoms with Crippen molar-refractivity contribution in [3.05, 3.63) is 10.4 Å². The third-order valence-corrected chi connectivity index (χ3v) is 1.06. The fraction of sp³-hybridized carbons (Fsp3) is 0. The highest BCUT2D eigenvalue weighted by Crippen LogP contribution is 1.92. The van der Waals surface area contributed by atoms with Crippen molar-refractivity contribution in [1.29, 1.82) is 0 Å². The highest BCUT2D eigenvalue weighted by atomic mass is 16.5. The molecule has 1 heterocycles. The summed E-state index contributed by atoms with van der Waals surface area (Å²) in [6, 6.07) is 0. The van der Waals surface area contributed by atoms with Gasteiger partial charge in [0.2, 0.25) is 0 Å². The predicted octanol–water partition coefficient (Wildman–Crippen LogP) is -6.20. The lowest BCUT2D eigenvalue weighted by atomic mass is 10.8. The van der Waals surface area contributed by atoms with E-state index >= 15 is 0 Å². The molecular weight excluding hydrogens is 216 g/mol. The van der Waals surface area contributed by atoms with E-state index in [1.165, 1.54) is 0 Å².